The van der Waals surface area contributed by atoms with Crippen molar-refractivity contribution >= 4 is 15.7 Å². The maximum Gasteiger partial charge on any atom is 0.260 e. The first-order chi connectivity index (χ1) is 9.86. The third kappa shape index (κ3) is 4.44. The lowest BCUT2D eigenvalue weighted by molar-refractivity contribution is -0.140. The van der Waals surface area contributed by atoms with Crippen LogP contribution in [0.4, 0.5) is 0 Å². The number of amides is 1. The Morgan fingerprint density at radius 1 is 1.38 bits per heavy atom. The van der Waals surface area contributed by atoms with Crippen LogP contribution in [-0.4, -0.2) is 57.9 Å². The number of nitrogens with zero attached hydrogens (tertiary/aromatic N) is 1. The lowest BCUT2D eigenvalue weighted by Crippen LogP contribution is -2.46. The highest BCUT2D eigenvalue weighted by molar-refractivity contribution is 7.90. The average molecular weight is 313 g/mol. The molecule has 116 valence electrons. The largest absolute Gasteiger partial charge is 0.484 e. The van der Waals surface area contributed by atoms with Crippen molar-refractivity contribution in [1.29, 1.82) is 0 Å². The lowest BCUT2D eigenvalue weighted by atomic mass is 10.3. The van der Waals surface area contributed by atoms with Crippen LogP contribution in [0.2, 0.25) is 0 Å². The van der Waals surface area contributed by atoms with Gasteiger partial charge in [-0.05, 0) is 31.2 Å². The van der Waals surface area contributed by atoms with Crippen LogP contribution >= 0.6 is 0 Å². The van der Waals surface area contributed by atoms with Gasteiger partial charge in [0.25, 0.3) is 5.91 Å². The molecular weight excluding hydrogens is 294 g/mol. The van der Waals surface area contributed by atoms with E-state index in [1.165, 1.54) is 12.1 Å². The summed E-state index contributed by atoms with van der Waals surface area (Å²) in [5.74, 6) is 0.370. The molecule has 0 spiro atoms. The fraction of sp³-hybridized carbons (Fsp3) is 0.500. The fourth-order valence-corrected chi connectivity index (χ4v) is 2.69. The van der Waals surface area contributed by atoms with E-state index < -0.39 is 9.84 Å². The van der Waals surface area contributed by atoms with Crippen LogP contribution in [0.25, 0.3) is 0 Å². The monoisotopic (exact) mass is 313 g/mol. The summed E-state index contributed by atoms with van der Waals surface area (Å²) in [6, 6.07) is 6.02. The standard InChI is InChI=1S/C14H19NO5S/c1-11-9-15(7-8-19-11)14(16)10-20-12-3-5-13(6-4-12)21(2,17)18/h3-6,11H,7-10H2,1-2H3/t11-/m0/s1. The second-order valence-electron chi connectivity index (χ2n) is 5.05. The molecule has 0 unspecified atom stereocenters. The van der Waals surface area contributed by atoms with Crippen molar-refractivity contribution < 1.29 is 22.7 Å². The number of morpholine rings is 1. The summed E-state index contributed by atoms with van der Waals surface area (Å²) in [5, 5.41) is 0. The Kier molecular flexibility index (Phi) is 4.84. The van der Waals surface area contributed by atoms with Crippen LogP contribution in [-0.2, 0) is 19.4 Å². The van der Waals surface area contributed by atoms with E-state index in [1.54, 1.807) is 17.0 Å². The number of carbonyl (C=O) groups excluding carboxylic acids is 1. The van der Waals surface area contributed by atoms with Gasteiger partial charge >= 0.3 is 0 Å². The molecule has 1 aliphatic heterocycles. The zero-order valence-corrected chi connectivity index (χ0v) is 12.9. The van der Waals surface area contributed by atoms with Crippen molar-refractivity contribution in [1.82, 2.24) is 4.90 Å². The Morgan fingerprint density at radius 3 is 2.62 bits per heavy atom. The van der Waals surface area contributed by atoms with Crippen LogP contribution in [0, 0.1) is 0 Å². The summed E-state index contributed by atoms with van der Waals surface area (Å²) < 4.78 is 33.4. The molecule has 0 bridgehead atoms. The number of benzene rings is 1. The maximum atomic E-state index is 12.0. The van der Waals surface area contributed by atoms with E-state index in [4.69, 9.17) is 9.47 Å². The van der Waals surface area contributed by atoms with Crippen molar-refractivity contribution in [2.75, 3.05) is 32.6 Å². The van der Waals surface area contributed by atoms with E-state index >= 15 is 0 Å². The molecule has 0 aromatic heterocycles. The Hall–Kier alpha value is -1.60. The highest BCUT2D eigenvalue weighted by Crippen LogP contribution is 2.16. The number of hydrogen-bond acceptors (Lipinski definition) is 5. The molecule has 1 aromatic rings. The molecule has 1 atom stereocenters. The highest BCUT2D eigenvalue weighted by Gasteiger charge is 2.21. The Balaban J connectivity index is 1.89. The first kappa shape index (κ1) is 15.8. The summed E-state index contributed by atoms with van der Waals surface area (Å²) in [4.78, 5) is 13.9. The van der Waals surface area contributed by atoms with Crippen LogP contribution in [0.5, 0.6) is 5.75 Å². The lowest BCUT2D eigenvalue weighted by Gasteiger charge is -2.31. The zero-order valence-electron chi connectivity index (χ0n) is 12.1. The summed E-state index contributed by atoms with van der Waals surface area (Å²) in [6.07, 6.45) is 1.18. The van der Waals surface area contributed by atoms with Gasteiger partial charge in [0, 0.05) is 19.3 Å². The number of carbonyl (C=O) groups is 1. The van der Waals surface area contributed by atoms with Gasteiger partial charge in [0.05, 0.1) is 17.6 Å². The number of hydrogen-bond donors (Lipinski definition) is 0. The Bertz CT molecular complexity index is 596. The number of ether oxygens (including phenoxy) is 2. The Labute approximate surface area is 124 Å². The molecule has 1 heterocycles. The number of rotatable bonds is 4. The SMILES string of the molecule is C[C@H]1CN(C(=O)COc2ccc(S(C)(=O)=O)cc2)CCO1. The van der Waals surface area contributed by atoms with E-state index in [9.17, 15) is 13.2 Å². The molecular formula is C14H19NO5S. The van der Waals surface area contributed by atoms with Gasteiger partial charge in [-0.3, -0.25) is 4.79 Å². The molecule has 1 fully saturated rings. The molecule has 1 saturated heterocycles. The van der Waals surface area contributed by atoms with Crippen LogP contribution in [0.3, 0.4) is 0 Å². The van der Waals surface area contributed by atoms with Crippen molar-refractivity contribution in [3.8, 4) is 5.75 Å². The Morgan fingerprint density at radius 2 is 2.05 bits per heavy atom. The maximum absolute atomic E-state index is 12.0. The van der Waals surface area contributed by atoms with E-state index in [2.05, 4.69) is 0 Å². The predicted octanol–water partition coefficient (Wildman–Crippen LogP) is 0.716. The van der Waals surface area contributed by atoms with Crippen LogP contribution < -0.4 is 4.74 Å². The van der Waals surface area contributed by atoms with E-state index in [0.29, 0.717) is 25.4 Å². The molecule has 0 radical (unpaired) electrons. The molecule has 7 heteroatoms. The van der Waals surface area contributed by atoms with Gasteiger partial charge < -0.3 is 14.4 Å². The third-order valence-corrected chi connectivity index (χ3v) is 4.34. The molecule has 1 aromatic carbocycles. The molecule has 1 amide bonds. The van der Waals surface area contributed by atoms with Gasteiger partial charge in [0.2, 0.25) is 0 Å². The van der Waals surface area contributed by atoms with Crippen molar-refractivity contribution in [2.24, 2.45) is 0 Å². The van der Waals surface area contributed by atoms with Crippen molar-refractivity contribution in [3.63, 3.8) is 0 Å². The third-order valence-electron chi connectivity index (χ3n) is 3.21. The first-order valence-corrected chi connectivity index (χ1v) is 8.57. The second-order valence-corrected chi connectivity index (χ2v) is 7.07. The summed E-state index contributed by atoms with van der Waals surface area (Å²) >= 11 is 0. The number of sulfone groups is 1. The zero-order chi connectivity index (χ0) is 15.5. The van der Waals surface area contributed by atoms with Crippen LogP contribution in [0.1, 0.15) is 6.92 Å². The molecule has 6 nitrogen and oxygen atoms in total. The van der Waals surface area contributed by atoms with E-state index in [0.717, 1.165) is 6.26 Å². The van der Waals surface area contributed by atoms with Crippen LogP contribution in [0.15, 0.2) is 29.2 Å². The average Bonchev–Trinajstić information content (AvgIpc) is 2.44. The molecule has 1 aliphatic rings. The first-order valence-electron chi connectivity index (χ1n) is 6.68. The van der Waals surface area contributed by atoms with E-state index in [1.807, 2.05) is 6.92 Å². The minimum absolute atomic E-state index is 0.0387. The smallest absolute Gasteiger partial charge is 0.260 e. The topological polar surface area (TPSA) is 72.9 Å². The van der Waals surface area contributed by atoms with E-state index in [-0.39, 0.29) is 23.5 Å². The molecule has 0 N–H and O–H groups in total. The molecule has 0 saturated carbocycles. The summed E-state index contributed by atoms with van der Waals surface area (Å²) in [5.41, 5.74) is 0. The molecule has 2 rings (SSSR count). The molecule has 0 aliphatic carbocycles. The van der Waals surface area contributed by atoms with Gasteiger partial charge in [-0.1, -0.05) is 0 Å². The van der Waals surface area contributed by atoms with Crippen molar-refractivity contribution in [2.45, 2.75) is 17.9 Å². The van der Waals surface area contributed by atoms with Gasteiger partial charge in [-0.25, -0.2) is 8.42 Å². The van der Waals surface area contributed by atoms with Gasteiger partial charge in [-0.2, -0.15) is 0 Å². The quantitative estimate of drug-likeness (QED) is 0.819. The minimum Gasteiger partial charge on any atom is -0.484 e. The van der Waals surface area contributed by atoms with Gasteiger partial charge in [0.1, 0.15) is 5.75 Å². The highest BCUT2D eigenvalue weighted by atomic mass is 32.2. The van der Waals surface area contributed by atoms with Gasteiger partial charge in [0.15, 0.2) is 16.4 Å². The van der Waals surface area contributed by atoms with Crippen molar-refractivity contribution in [3.05, 3.63) is 24.3 Å². The fourth-order valence-electron chi connectivity index (χ4n) is 2.06. The predicted molar refractivity (Wildman–Crippen MR) is 77.0 cm³/mol. The van der Waals surface area contributed by atoms with Gasteiger partial charge in [-0.15, -0.1) is 0 Å². The second kappa shape index (κ2) is 6.44. The normalized spacial score (nSPS) is 19.3. The molecule has 21 heavy (non-hydrogen) atoms. The minimum atomic E-state index is -3.22. The summed E-state index contributed by atoms with van der Waals surface area (Å²) in [6.45, 7) is 3.53. The summed E-state index contributed by atoms with van der Waals surface area (Å²) in [7, 11) is -3.22.